The number of ether oxygens (including phenoxy) is 2. The summed E-state index contributed by atoms with van der Waals surface area (Å²) in [6, 6.07) is 39.0. The molecule has 0 fully saturated rings. The van der Waals surface area contributed by atoms with Crippen LogP contribution in [0.5, 0.6) is 11.5 Å². The van der Waals surface area contributed by atoms with Crippen molar-refractivity contribution in [3.63, 3.8) is 0 Å². The van der Waals surface area contributed by atoms with Gasteiger partial charge in [0.15, 0.2) is 6.20 Å². The Kier molecular flexibility index (Phi) is 9.15. The summed E-state index contributed by atoms with van der Waals surface area (Å²) in [7, 11) is 2.30. The van der Waals surface area contributed by atoms with Crippen LogP contribution < -0.4 is 14.2 Å². The zero-order valence-corrected chi connectivity index (χ0v) is 26.9. The maximum atomic E-state index is 12.2. The molecule has 0 aliphatic heterocycles. The molecule has 9 heteroatoms. The Balaban J connectivity index is 0.000000158. The van der Waals surface area contributed by atoms with E-state index in [1.54, 1.807) is 26.4 Å². The first-order valence-corrected chi connectivity index (χ1v) is 15.2. The van der Waals surface area contributed by atoms with E-state index in [4.69, 9.17) is 32.4 Å². The van der Waals surface area contributed by atoms with Crippen LogP contribution in [0.25, 0.3) is 66.1 Å². The molecular weight excluding hydrogens is 627 g/mol. The fourth-order valence-electron chi connectivity index (χ4n) is 5.61. The van der Waals surface area contributed by atoms with Gasteiger partial charge in [0.1, 0.15) is 22.2 Å². The van der Waals surface area contributed by atoms with Gasteiger partial charge in [-0.3, -0.25) is 4.39 Å². The molecule has 238 valence electrons. The number of halogens is 2. The fourth-order valence-corrected chi connectivity index (χ4v) is 5.76. The molecule has 0 spiro atoms. The number of hydrogen-bond donors (Lipinski definition) is 0. The van der Waals surface area contributed by atoms with Gasteiger partial charge in [0, 0.05) is 33.4 Å². The number of methoxy groups -OCH3 is 2. The van der Waals surface area contributed by atoms with Gasteiger partial charge in [0.25, 0.3) is 0 Å². The summed E-state index contributed by atoms with van der Waals surface area (Å²) in [5.74, 6) is 1.56. The quantitative estimate of drug-likeness (QED) is 0.0811. The summed E-state index contributed by atoms with van der Waals surface area (Å²) in [6.45, 7) is 0. The first-order valence-electron chi connectivity index (χ1n) is 15.6. The van der Waals surface area contributed by atoms with E-state index in [-0.39, 0.29) is 0 Å². The van der Waals surface area contributed by atoms with E-state index >= 15 is 0 Å². The summed E-state index contributed by atoms with van der Waals surface area (Å²) in [6.07, 6.45) is 1.50. The zero-order valence-electron chi connectivity index (χ0n) is 27.1. The minimum absolute atomic E-state index is 0.467. The van der Waals surface area contributed by atoms with E-state index in [9.17, 15) is 9.60 Å². The van der Waals surface area contributed by atoms with Gasteiger partial charge >= 0.3 is 0 Å². The lowest BCUT2D eigenvalue weighted by Gasteiger charge is -2.09. The van der Waals surface area contributed by atoms with Crippen molar-refractivity contribution in [1.82, 2.24) is 15.0 Å². The van der Waals surface area contributed by atoms with Crippen molar-refractivity contribution in [1.29, 1.82) is 0 Å². The van der Waals surface area contributed by atoms with E-state index < -0.39 is 7.15 Å². The number of hydrogen-bond acceptors (Lipinski definition) is 6. The molecule has 8 rings (SSSR count). The number of nitrogens with zero attached hydrogens (tertiary/aromatic N) is 4. The van der Waals surface area contributed by atoms with Gasteiger partial charge in [-0.15, -0.1) is 0 Å². The van der Waals surface area contributed by atoms with Crippen LogP contribution >= 0.6 is 11.6 Å². The maximum Gasteiger partial charge on any atom is 0.250 e. The van der Waals surface area contributed by atoms with Crippen LogP contribution in [0.2, 0.25) is 5.15 Å². The number of pyridine rings is 4. The lowest BCUT2D eigenvalue weighted by molar-refractivity contribution is -0.576. The lowest BCUT2D eigenvalue weighted by atomic mass is 10.1. The number of fused-ring (bicyclic) bond motifs is 6. The van der Waals surface area contributed by atoms with Crippen LogP contribution in [-0.4, -0.2) is 36.3 Å². The molecule has 0 N–H and O–H groups in total. The molecule has 4 heterocycles. The van der Waals surface area contributed by atoms with Gasteiger partial charge in [0.2, 0.25) is 5.52 Å². The molecule has 0 saturated carbocycles. The average Bonchev–Trinajstić information content (AvgIpc) is 3.14. The van der Waals surface area contributed by atoms with Gasteiger partial charge in [-0.25, -0.2) is 15.0 Å². The van der Waals surface area contributed by atoms with Gasteiger partial charge < -0.3 is 14.7 Å². The van der Waals surface area contributed by atoms with Crippen LogP contribution in [-0.2, 0) is 0 Å². The SMILES string of the molecule is COc1ccccc1-c1ccc2ccc3ccc(Cl)nc3c2n1.COc1ccccc1-c1ccc2ccc3ccc[n+]([O-])c3c2n1.[2H]CF. The van der Waals surface area contributed by atoms with Crippen LogP contribution in [0.15, 0.2) is 128 Å². The highest BCUT2D eigenvalue weighted by molar-refractivity contribution is 6.30. The van der Waals surface area contributed by atoms with Crippen LogP contribution in [0.3, 0.4) is 0 Å². The normalized spacial score (nSPS) is 11.0. The van der Waals surface area contributed by atoms with E-state index in [2.05, 4.69) is 4.98 Å². The summed E-state index contributed by atoms with van der Waals surface area (Å²) in [4.78, 5) is 14.0. The predicted octanol–water partition coefficient (Wildman–Crippen LogP) is 9.39. The van der Waals surface area contributed by atoms with Crippen molar-refractivity contribution in [3.05, 3.63) is 138 Å². The Bertz CT molecular complexity index is 2430. The predicted molar refractivity (Wildman–Crippen MR) is 191 cm³/mol. The fraction of sp³-hybridized carbons (Fsp3) is 0.0769. The summed E-state index contributed by atoms with van der Waals surface area (Å²) < 4.78 is 27.2. The Morgan fingerprint density at radius 1 is 0.604 bits per heavy atom. The molecule has 4 aromatic carbocycles. The van der Waals surface area contributed by atoms with Gasteiger partial charge in [-0.1, -0.05) is 66.2 Å². The molecule has 8 aromatic rings. The monoisotopic (exact) mass is 657 g/mol. The Hall–Kier alpha value is -5.86. The number of rotatable bonds is 4. The van der Waals surface area contributed by atoms with E-state index in [1.165, 1.54) is 6.20 Å². The Morgan fingerprint density at radius 2 is 1.06 bits per heavy atom. The van der Waals surface area contributed by atoms with E-state index in [0.29, 0.717) is 16.2 Å². The first kappa shape index (κ1) is 30.8. The highest BCUT2D eigenvalue weighted by Gasteiger charge is 2.14. The highest BCUT2D eigenvalue weighted by Crippen LogP contribution is 2.33. The Labute approximate surface area is 282 Å². The first-order chi connectivity index (χ1) is 23.9. The lowest BCUT2D eigenvalue weighted by Crippen LogP contribution is -2.26. The van der Waals surface area contributed by atoms with Crippen molar-refractivity contribution in [3.8, 4) is 34.0 Å². The van der Waals surface area contributed by atoms with Crippen molar-refractivity contribution >= 4 is 55.2 Å². The smallest absolute Gasteiger partial charge is 0.250 e. The summed E-state index contributed by atoms with van der Waals surface area (Å²) in [5, 5.41) is 16.5. The summed E-state index contributed by atoms with van der Waals surface area (Å²) in [5.41, 5.74) is 6.43. The molecule has 0 saturated heterocycles. The minimum atomic E-state index is -1.00. The number of aromatic nitrogens is 4. The molecule has 0 unspecified atom stereocenters. The van der Waals surface area contributed by atoms with Crippen molar-refractivity contribution in [2.45, 2.75) is 0 Å². The second-order valence-corrected chi connectivity index (χ2v) is 10.9. The molecule has 48 heavy (non-hydrogen) atoms. The van der Waals surface area contributed by atoms with Crippen LogP contribution in [0.1, 0.15) is 1.37 Å². The largest absolute Gasteiger partial charge is 0.618 e. The van der Waals surface area contributed by atoms with Gasteiger partial charge in [-0.2, -0.15) is 4.73 Å². The average molecular weight is 658 g/mol. The second kappa shape index (κ2) is 14.3. The highest BCUT2D eigenvalue weighted by atomic mass is 35.5. The third kappa shape index (κ3) is 6.26. The molecule has 0 radical (unpaired) electrons. The minimum Gasteiger partial charge on any atom is -0.618 e. The van der Waals surface area contributed by atoms with Crippen molar-refractivity contribution in [2.24, 2.45) is 0 Å². The van der Waals surface area contributed by atoms with E-state index in [1.807, 2.05) is 109 Å². The van der Waals surface area contributed by atoms with Crippen LogP contribution in [0, 0.1) is 5.21 Å². The third-order valence-electron chi connectivity index (χ3n) is 7.84. The topological polar surface area (TPSA) is 84.1 Å². The maximum absolute atomic E-state index is 12.2. The zero-order chi connectivity index (χ0) is 34.3. The Morgan fingerprint density at radius 3 is 1.65 bits per heavy atom. The molecule has 0 aliphatic carbocycles. The van der Waals surface area contributed by atoms with Gasteiger partial charge in [0.05, 0.1) is 50.6 Å². The molecule has 0 bridgehead atoms. The molecule has 0 aliphatic rings. The molecule has 0 amide bonds. The number of alkyl halides is 1. The van der Waals surface area contributed by atoms with Gasteiger partial charge in [-0.05, 0) is 60.7 Å². The van der Waals surface area contributed by atoms with Crippen molar-refractivity contribution < 1.29 is 20.0 Å². The molecule has 0 atom stereocenters. The van der Waals surface area contributed by atoms with E-state index in [0.717, 1.165) is 71.3 Å². The standard InChI is InChI=1S/C19H13ClN2O.C19H14N2O2.CH3F/c1-23-16-5-3-2-4-14(16)15-10-8-12-6-7-13-9-11-17(20)22-19(13)18(12)21-15;1-23-17-7-3-2-6-15(17)16-11-10-13-8-9-14-5-4-12-21(22)19(14)18(13)20-16;1-2/h2-11H,1H3;2-12H,1H3;1H3/i;;1D. The van der Waals surface area contributed by atoms with Crippen molar-refractivity contribution in [2.75, 3.05) is 21.4 Å². The third-order valence-corrected chi connectivity index (χ3v) is 8.05. The van der Waals surface area contributed by atoms with Crippen LogP contribution in [0.4, 0.5) is 4.39 Å². The molecule has 7 nitrogen and oxygen atoms in total. The number of para-hydroxylation sites is 2. The number of benzene rings is 4. The second-order valence-electron chi connectivity index (χ2n) is 10.5. The molecule has 4 aromatic heterocycles. The summed E-state index contributed by atoms with van der Waals surface area (Å²) >= 11 is 6.06. The molecular formula is C39H30ClFN4O3.